The molecule has 0 saturated heterocycles. The molecule has 0 unspecified atom stereocenters. The van der Waals surface area contributed by atoms with Crippen LogP contribution in [0.25, 0.3) is 120 Å². The van der Waals surface area contributed by atoms with Crippen molar-refractivity contribution < 1.29 is 0 Å². The predicted molar refractivity (Wildman–Crippen MR) is 249 cm³/mol. The van der Waals surface area contributed by atoms with Gasteiger partial charge in [-0.1, -0.05) is 164 Å². The summed E-state index contributed by atoms with van der Waals surface area (Å²) >= 11 is 0. The zero-order chi connectivity index (χ0) is 38.2. The van der Waals surface area contributed by atoms with Crippen molar-refractivity contribution in [2.45, 2.75) is 0 Å². The highest BCUT2D eigenvalue weighted by Crippen LogP contribution is 2.47. The van der Waals surface area contributed by atoms with Gasteiger partial charge in [-0.3, -0.25) is 4.98 Å². The van der Waals surface area contributed by atoms with Crippen LogP contribution in [-0.2, 0) is 0 Å². The third-order valence-electron chi connectivity index (χ3n) is 12.2. The fourth-order valence-electron chi connectivity index (χ4n) is 9.31. The lowest BCUT2D eigenvalue weighted by molar-refractivity contribution is 1.45. The third-order valence-corrected chi connectivity index (χ3v) is 12.2. The number of fused-ring (bicyclic) bond motifs is 8. The van der Waals surface area contributed by atoms with E-state index in [1.54, 1.807) is 0 Å². The summed E-state index contributed by atoms with van der Waals surface area (Å²) in [6, 6.07) is 75.8. The van der Waals surface area contributed by atoms with E-state index < -0.39 is 0 Å². The first-order chi connectivity index (χ1) is 28.7. The molecule has 268 valence electrons. The van der Waals surface area contributed by atoms with Gasteiger partial charge in [0.25, 0.3) is 0 Å². The Morgan fingerprint density at radius 3 is 1.10 bits per heavy atom. The van der Waals surface area contributed by atoms with E-state index in [2.05, 4.69) is 212 Å². The molecule has 1 aromatic heterocycles. The van der Waals surface area contributed by atoms with Crippen molar-refractivity contribution in [3.8, 4) is 44.5 Å². The Balaban J connectivity index is 1.03. The predicted octanol–water partition coefficient (Wildman–Crippen LogP) is 15.8. The average molecular weight is 734 g/mol. The molecule has 0 saturated carbocycles. The molecule has 0 aliphatic heterocycles. The van der Waals surface area contributed by atoms with Crippen molar-refractivity contribution in [2.24, 2.45) is 0 Å². The molecule has 0 radical (unpaired) electrons. The van der Waals surface area contributed by atoms with E-state index in [1.165, 1.54) is 104 Å². The highest BCUT2D eigenvalue weighted by atomic mass is 14.7. The minimum atomic E-state index is 0.998. The van der Waals surface area contributed by atoms with E-state index in [-0.39, 0.29) is 0 Å². The van der Waals surface area contributed by atoms with Crippen molar-refractivity contribution in [2.75, 3.05) is 0 Å². The zero-order valence-corrected chi connectivity index (χ0v) is 31.7. The van der Waals surface area contributed by atoms with Gasteiger partial charge < -0.3 is 0 Å². The second-order valence-electron chi connectivity index (χ2n) is 15.5. The largest absolute Gasteiger partial charge is 0.256 e. The molecular weight excluding hydrogens is 699 g/mol. The number of pyridine rings is 1. The first kappa shape index (κ1) is 32.6. The van der Waals surface area contributed by atoms with Crippen LogP contribution in [0.2, 0.25) is 0 Å². The van der Waals surface area contributed by atoms with Gasteiger partial charge in [-0.2, -0.15) is 0 Å². The smallest absolute Gasteiger partial charge is 0.0708 e. The molecule has 58 heavy (non-hydrogen) atoms. The molecule has 1 heteroatoms. The summed E-state index contributed by atoms with van der Waals surface area (Å²) in [6.07, 6.45) is 2.10. The number of para-hydroxylation sites is 1. The van der Waals surface area contributed by atoms with Crippen LogP contribution in [0.15, 0.2) is 212 Å². The fourth-order valence-corrected chi connectivity index (χ4v) is 9.31. The standard InChI is InChI=1S/C57H35N/c1-3-11-38-29-40(19-17-36(38)9-1)42-21-23-46-33-48(27-25-44(46)31-42)55-50-13-5-6-14-51(50)56(57-52-15-7-8-16-54(52)58-35-53(55)57)49-28-26-45-32-43(22-24-47(45)34-49)41-20-18-37-10-2-4-12-39(37)30-41/h1-35H. The Morgan fingerprint density at radius 1 is 0.241 bits per heavy atom. The molecule has 0 amide bonds. The normalized spacial score (nSPS) is 11.8. The molecular formula is C57H35N. The van der Waals surface area contributed by atoms with E-state index in [0.29, 0.717) is 0 Å². The third kappa shape index (κ3) is 5.29. The molecule has 0 aliphatic rings. The molecule has 12 aromatic rings. The van der Waals surface area contributed by atoms with Crippen LogP contribution in [0, 0.1) is 0 Å². The topological polar surface area (TPSA) is 12.9 Å². The van der Waals surface area contributed by atoms with E-state index in [0.717, 1.165) is 16.3 Å². The van der Waals surface area contributed by atoms with Crippen LogP contribution in [0.4, 0.5) is 0 Å². The molecule has 0 atom stereocenters. The van der Waals surface area contributed by atoms with Crippen molar-refractivity contribution in [1.29, 1.82) is 0 Å². The summed E-state index contributed by atoms with van der Waals surface area (Å²) in [5.74, 6) is 0. The van der Waals surface area contributed by atoms with Crippen molar-refractivity contribution >= 4 is 75.5 Å². The molecule has 1 nitrogen and oxygen atoms in total. The summed E-state index contributed by atoms with van der Waals surface area (Å²) in [6.45, 7) is 0. The van der Waals surface area contributed by atoms with Gasteiger partial charge in [0, 0.05) is 22.4 Å². The lowest BCUT2D eigenvalue weighted by Crippen LogP contribution is -1.93. The highest BCUT2D eigenvalue weighted by Gasteiger charge is 2.20. The SMILES string of the molecule is c1ccc2cc(-c3ccc4cc(-c5c6ccccc6c(-c6ccc7cc(-c8ccc9ccccc9c8)ccc7c6)c6c5cnc5ccccc56)ccc4c3)ccc2c1. The Kier molecular flexibility index (Phi) is 7.30. The minimum absolute atomic E-state index is 0.998. The Bertz CT molecular complexity index is 3630. The second kappa shape index (κ2) is 13.0. The van der Waals surface area contributed by atoms with Crippen molar-refractivity contribution in [3.05, 3.63) is 212 Å². The minimum Gasteiger partial charge on any atom is -0.256 e. The summed E-state index contributed by atoms with van der Waals surface area (Å²) < 4.78 is 0. The van der Waals surface area contributed by atoms with Gasteiger partial charge in [0.2, 0.25) is 0 Å². The number of hydrogen-bond donors (Lipinski definition) is 0. The highest BCUT2D eigenvalue weighted by molar-refractivity contribution is 6.27. The lowest BCUT2D eigenvalue weighted by Gasteiger charge is -2.19. The summed E-state index contributed by atoms with van der Waals surface area (Å²) in [5.41, 5.74) is 10.8. The van der Waals surface area contributed by atoms with Gasteiger partial charge in [0.05, 0.1) is 5.52 Å². The summed E-state index contributed by atoms with van der Waals surface area (Å²) in [7, 11) is 0. The monoisotopic (exact) mass is 733 g/mol. The molecule has 0 bridgehead atoms. The first-order valence-electron chi connectivity index (χ1n) is 20.0. The first-order valence-corrected chi connectivity index (χ1v) is 20.0. The van der Waals surface area contributed by atoms with E-state index in [4.69, 9.17) is 4.98 Å². The van der Waals surface area contributed by atoms with Gasteiger partial charge in [-0.25, -0.2) is 0 Å². The second-order valence-corrected chi connectivity index (χ2v) is 15.5. The molecule has 0 spiro atoms. The van der Waals surface area contributed by atoms with Crippen LogP contribution in [0.3, 0.4) is 0 Å². The van der Waals surface area contributed by atoms with Crippen LogP contribution < -0.4 is 0 Å². The fraction of sp³-hybridized carbons (Fsp3) is 0. The van der Waals surface area contributed by atoms with E-state index >= 15 is 0 Å². The molecule has 11 aromatic carbocycles. The van der Waals surface area contributed by atoms with E-state index in [1.807, 2.05) is 0 Å². The number of hydrogen-bond acceptors (Lipinski definition) is 1. The lowest BCUT2D eigenvalue weighted by atomic mass is 9.84. The van der Waals surface area contributed by atoms with Crippen molar-refractivity contribution in [3.63, 3.8) is 0 Å². The Morgan fingerprint density at radius 2 is 0.586 bits per heavy atom. The van der Waals surface area contributed by atoms with Crippen LogP contribution in [0.1, 0.15) is 0 Å². The number of benzene rings is 11. The summed E-state index contributed by atoms with van der Waals surface area (Å²) in [4.78, 5) is 5.07. The van der Waals surface area contributed by atoms with Crippen molar-refractivity contribution in [1.82, 2.24) is 4.98 Å². The number of nitrogens with zero attached hydrogens (tertiary/aromatic N) is 1. The van der Waals surface area contributed by atoms with Gasteiger partial charge in [-0.15, -0.1) is 0 Å². The average Bonchev–Trinajstić information content (AvgIpc) is 3.29. The number of aromatic nitrogens is 1. The maximum absolute atomic E-state index is 5.07. The summed E-state index contributed by atoms with van der Waals surface area (Å²) in [5, 5.41) is 15.9. The van der Waals surface area contributed by atoms with E-state index in [9.17, 15) is 0 Å². The molecule has 1 heterocycles. The van der Waals surface area contributed by atoms with Gasteiger partial charge in [-0.05, 0) is 141 Å². The number of rotatable bonds is 4. The molecule has 0 fully saturated rings. The zero-order valence-electron chi connectivity index (χ0n) is 31.7. The Labute approximate surface area is 336 Å². The maximum atomic E-state index is 5.07. The molecule has 0 aliphatic carbocycles. The Hall–Kier alpha value is -7.61. The van der Waals surface area contributed by atoms with Crippen LogP contribution in [-0.4, -0.2) is 4.98 Å². The van der Waals surface area contributed by atoms with Gasteiger partial charge in [0.15, 0.2) is 0 Å². The van der Waals surface area contributed by atoms with Gasteiger partial charge >= 0.3 is 0 Å². The van der Waals surface area contributed by atoms with Crippen LogP contribution >= 0.6 is 0 Å². The maximum Gasteiger partial charge on any atom is 0.0708 e. The molecule has 0 N–H and O–H groups in total. The molecule has 12 rings (SSSR count). The quantitative estimate of drug-likeness (QED) is 0.130. The van der Waals surface area contributed by atoms with Crippen LogP contribution in [0.5, 0.6) is 0 Å². The van der Waals surface area contributed by atoms with Gasteiger partial charge in [0.1, 0.15) is 0 Å².